The Morgan fingerprint density at radius 1 is 1.46 bits per heavy atom. The largest absolute Gasteiger partial charge is 0.324 e. The smallest absolute Gasteiger partial charge is 0.143 e. The van der Waals surface area contributed by atoms with Crippen LogP contribution in [0.15, 0.2) is 0 Å². The molecule has 1 atom stereocenters. The van der Waals surface area contributed by atoms with E-state index in [-0.39, 0.29) is 17.9 Å². The van der Waals surface area contributed by atoms with Crippen LogP contribution in [0.3, 0.4) is 0 Å². The van der Waals surface area contributed by atoms with E-state index in [2.05, 4.69) is 11.8 Å². The molecule has 0 unspecified atom stereocenters. The minimum Gasteiger partial charge on any atom is -0.324 e. The maximum atomic E-state index is 11.4. The van der Waals surface area contributed by atoms with Crippen molar-refractivity contribution in [3.05, 3.63) is 0 Å². The second-order valence-corrected chi connectivity index (χ2v) is 7.19. The average molecular weight is 200 g/mol. The Kier molecular flexibility index (Phi) is 5.03. The fourth-order valence-electron chi connectivity index (χ4n) is 0.900. The van der Waals surface area contributed by atoms with Crippen LogP contribution in [0.1, 0.15) is 20.3 Å². The topological polar surface area (TPSA) is 34.1 Å². The standard InChI is InChI=1S/C10H17O2P/c1-5-6-7-9(2)10(11)8-13(3,4)12/h9H,7-8H2,1-4H3/t9-/m1/s1. The minimum absolute atomic E-state index is 0.0658. The first-order chi connectivity index (χ1) is 5.87. The monoisotopic (exact) mass is 200 g/mol. The van der Waals surface area contributed by atoms with Gasteiger partial charge in [-0.2, -0.15) is 0 Å². The Morgan fingerprint density at radius 3 is 2.38 bits per heavy atom. The summed E-state index contributed by atoms with van der Waals surface area (Å²) >= 11 is 0. The SMILES string of the molecule is CC#CC[C@@H](C)C(=O)CP(C)(C)=O. The zero-order valence-electron chi connectivity index (χ0n) is 8.76. The van der Waals surface area contributed by atoms with Gasteiger partial charge in [0.15, 0.2) is 0 Å². The quantitative estimate of drug-likeness (QED) is 0.515. The number of hydrogen-bond donors (Lipinski definition) is 0. The number of rotatable bonds is 4. The molecular weight excluding hydrogens is 183 g/mol. The molecule has 0 aromatic rings. The molecular formula is C10H17O2P. The average Bonchev–Trinajstić information content (AvgIpc) is 1.96. The van der Waals surface area contributed by atoms with Crippen LogP contribution in [0.4, 0.5) is 0 Å². The molecule has 0 N–H and O–H groups in total. The van der Waals surface area contributed by atoms with Gasteiger partial charge in [-0.25, -0.2) is 0 Å². The van der Waals surface area contributed by atoms with E-state index in [4.69, 9.17) is 0 Å². The van der Waals surface area contributed by atoms with Gasteiger partial charge in [-0.05, 0) is 20.3 Å². The van der Waals surface area contributed by atoms with Crippen LogP contribution in [0.2, 0.25) is 0 Å². The summed E-state index contributed by atoms with van der Waals surface area (Å²) in [7, 11) is -2.21. The van der Waals surface area contributed by atoms with Gasteiger partial charge in [0.2, 0.25) is 0 Å². The van der Waals surface area contributed by atoms with Gasteiger partial charge in [-0.1, -0.05) is 6.92 Å². The van der Waals surface area contributed by atoms with Gasteiger partial charge < -0.3 is 4.57 Å². The normalized spacial score (nSPS) is 12.9. The molecule has 0 saturated heterocycles. The molecule has 0 bridgehead atoms. The Bertz CT molecular complexity index is 277. The van der Waals surface area contributed by atoms with E-state index in [1.807, 2.05) is 6.92 Å². The number of carbonyl (C=O) groups is 1. The summed E-state index contributed by atoms with van der Waals surface area (Å²) in [6.07, 6.45) is 0.787. The zero-order valence-corrected chi connectivity index (χ0v) is 9.65. The number of hydrogen-bond acceptors (Lipinski definition) is 2. The Morgan fingerprint density at radius 2 is 2.00 bits per heavy atom. The summed E-state index contributed by atoms with van der Waals surface area (Å²) < 4.78 is 11.3. The molecule has 0 aliphatic rings. The molecule has 0 aromatic carbocycles. The molecule has 74 valence electrons. The zero-order chi connectivity index (χ0) is 10.5. The van der Waals surface area contributed by atoms with E-state index < -0.39 is 7.14 Å². The van der Waals surface area contributed by atoms with E-state index in [9.17, 15) is 9.36 Å². The van der Waals surface area contributed by atoms with Gasteiger partial charge in [0.1, 0.15) is 5.78 Å². The molecule has 3 heteroatoms. The van der Waals surface area contributed by atoms with Crippen molar-refractivity contribution in [2.75, 3.05) is 19.5 Å². The highest BCUT2D eigenvalue weighted by Crippen LogP contribution is 2.36. The third kappa shape index (κ3) is 6.61. The van der Waals surface area contributed by atoms with Crippen molar-refractivity contribution in [1.82, 2.24) is 0 Å². The van der Waals surface area contributed by atoms with Gasteiger partial charge in [-0.3, -0.25) is 4.79 Å². The fourth-order valence-corrected chi connectivity index (χ4v) is 1.96. The molecule has 0 aromatic heterocycles. The highest BCUT2D eigenvalue weighted by atomic mass is 31.2. The lowest BCUT2D eigenvalue weighted by atomic mass is 10.0. The fraction of sp³-hybridized carbons (Fsp3) is 0.700. The number of Topliss-reactive ketones (excluding diaryl/α,β-unsaturated/α-hetero) is 1. The van der Waals surface area contributed by atoms with E-state index in [0.29, 0.717) is 6.42 Å². The first kappa shape index (κ1) is 12.5. The van der Waals surface area contributed by atoms with E-state index in [0.717, 1.165) is 0 Å². The Balaban J connectivity index is 4.10. The summed E-state index contributed by atoms with van der Waals surface area (Å²) in [6, 6.07) is 0. The van der Waals surface area contributed by atoms with Gasteiger partial charge >= 0.3 is 0 Å². The summed E-state index contributed by atoms with van der Waals surface area (Å²) in [5.41, 5.74) is 0. The Labute approximate surface area is 80.5 Å². The van der Waals surface area contributed by atoms with Crippen LogP contribution in [-0.2, 0) is 9.36 Å². The lowest BCUT2D eigenvalue weighted by Crippen LogP contribution is -2.14. The van der Waals surface area contributed by atoms with E-state index in [1.165, 1.54) is 0 Å². The van der Waals surface area contributed by atoms with Crippen LogP contribution >= 0.6 is 7.14 Å². The first-order valence-corrected chi connectivity index (χ1v) is 7.12. The van der Waals surface area contributed by atoms with Gasteiger partial charge in [0.05, 0.1) is 13.3 Å². The van der Waals surface area contributed by atoms with Crippen LogP contribution in [0, 0.1) is 17.8 Å². The predicted octanol–water partition coefficient (Wildman–Crippen LogP) is 2.23. The molecule has 0 spiro atoms. The van der Waals surface area contributed by atoms with Crippen LogP contribution in [-0.4, -0.2) is 25.3 Å². The highest BCUT2D eigenvalue weighted by Gasteiger charge is 2.18. The molecule has 0 amide bonds. The molecule has 13 heavy (non-hydrogen) atoms. The highest BCUT2D eigenvalue weighted by molar-refractivity contribution is 7.63. The molecule has 0 aliphatic heterocycles. The Hall–Kier alpha value is -0.540. The van der Waals surface area contributed by atoms with Crippen molar-refractivity contribution in [1.29, 1.82) is 0 Å². The molecule has 0 aliphatic carbocycles. The van der Waals surface area contributed by atoms with Crippen LogP contribution in [0.5, 0.6) is 0 Å². The summed E-state index contributed by atoms with van der Waals surface area (Å²) in [6.45, 7) is 6.87. The summed E-state index contributed by atoms with van der Waals surface area (Å²) in [5, 5.41) is 0. The number of carbonyl (C=O) groups excluding carboxylic acids is 1. The third-order valence-corrected chi connectivity index (χ3v) is 2.74. The molecule has 0 rings (SSSR count). The minimum atomic E-state index is -2.21. The second kappa shape index (κ2) is 5.25. The van der Waals surface area contributed by atoms with E-state index in [1.54, 1.807) is 20.3 Å². The van der Waals surface area contributed by atoms with Gasteiger partial charge in [0.25, 0.3) is 0 Å². The van der Waals surface area contributed by atoms with Crippen molar-refractivity contribution < 1.29 is 9.36 Å². The lowest BCUT2D eigenvalue weighted by molar-refractivity contribution is -0.119. The number of ketones is 1. The lowest BCUT2D eigenvalue weighted by Gasteiger charge is -2.09. The van der Waals surface area contributed by atoms with Gasteiger partial charge in [0, 0.05) is 12.3 Å². The van der Waals surface area contributed by atoms with Crippen molar-refractivity contribution in [2.24, 2.45) is 5.92 Å². The second-order valence-electron chi connectivity index (χ2n) is 3.73. The third-order valence-electron chi connectivity index (χ3n) is 1.67. The molecule has 2 nitrogen and oxygen atoms in total. The van der Waals surface area contributed by atoms with Crippen LogP contribution < -0.4 is 0 Å². The molecule has 0 fully saturated rings. The van der Waals surface area contributed by atoms with Crippen LogP contribution in [0.25, 0.3) is 0 Å². The van der Waals surface area contributed by atoms with Crippen molar-refractivity contribution >= 4 is 12.9 Å². The van der Waals surface area contributed by atoms with Gasteiger partial charge in [-0.15, -0.1) is 11.8 Å². The molecule has 0 heterocycles. The summed E-state index contributed by atoms with van der Waals surface area (Å²) in [5.74, 6) is 5.58. The molecule has 0 radical (unpaired) electrons. The summed E-state index contributed by atoms with van der Waals surface area (Å²) in [4.78, 5) is 11.4. The maximum Gasteiger partial charge on any atom is 0.143 e. The predicted molar refractivity (Wildman–Crippen MR) is 56.6 cm³/mol. The maximum absolute atomic E-state index is 11.4. The first-order valence-electron chi connectivity index (χ1n) is 4.33. The van der Waals surface area contributed by atoms with E-state index >= 15 is 0 Å². The van der Waals surface area contributed by atoms with Crippen molar-refractivity contribution in [3.63, 3.8) is 0 Å². The van der Waals surface area contributed by atoms with Crippen molar-refractivity contribution in [3.8, 4) is 11.8 Å². The molecule has 0 saturated carbocycles. The van der Waals surface area contributed by atoms with Crippen molar-refractivity contribution in [2.45, 2.75) is 20.3 Å².